The van der Waals surface area contributed by atoms with Gasteiger partial charge in [-0.05, 0) is 25.5 Å². The summed E-state index contributed by atoms with van der Waals surface area (Å²) in [6.07, 6.45) is 2.70. The van der Waals surface area contributed by atoms with Crippen molar-refractivity contribution in [2.75, 3.05) is 31.1 Å². The minimum atomic E-state index is -0.109. The number of aliphatic hydroxyl groups excluding tert-OH is 1. The SMILES string of the molecule is Cc1ncc(CO)c(CN2CCCN(c3nc4ccccc4s3)CC2)c1O. The molecule has 1 fully saturated rings. The van der Waals surface area contributed by atoms with Crippen LogP contribution in [0.3, 0.4) is 0 Å². The summed E-state index contributed by atoms with van der Waals surface area (Å²) in [4.78, 5) is 13.6. The van der Waals surface area contributed by atoms with E-state index in [0.29, 0.717) is 17.8 Å². The number of aromatic hydroxyl groups is 1. The molecule has 4 rings (SSSR count). The molecule has 0 spiro atoms. The van der Waals surface area contributed by atoms with Crippen LogP contribution in [0, 0.1) is 6.92 Å². The Labute approximate surface area is 162 Å². The van der Waals surface area contributed by atoms with Gasteiger partial charge in [-0.25, -0.2) is 4.98 Å². The first-order valence-corrected chi connectivity index (χ1v) is 10.1. The van der Waals surface area contributed by atoms with Crippen molar-refractivity contribution < 1.29 is 10.2 Å². The van der Waals surface area contributed by atoms with Gasteiger partial charge in [0.15, 0.2) is 5.13 Å². The highest BCUT2D eigenvalue weighted by molar-refractivity contribution is 7.22. The Morgan fingerprint density at radius 1 is 1.15 bits per heavy atom. The number of rotatable bonds is 4. The minimum Gasteiger partial charge on any atom is -0.506 e. The monoisotopic (exact) mass is 384 g/mol. The third-order valence-electron chi connectivity index (χ3n) is 5.12. The van der Waals surface area contributed by atoms with E-state index < -0.39 is 0 Å². The molecule has 0 aliphatic carbocycles. The lowest BCUT2D eigenvalue weighted by Gasteiger charge is -2.23. The first kappa shape index (κ1) is 18.2. The zero-order chi connectivity index (χ0) is 18.8. The number of fused-ring (bicyclic) bond motifs is 1. The van der Waals surface area contributed by atoms with Crippen molar-refractivity contribution in [1.29, 1.82) is 0 Å². The van der Waals surface area contributed by atoms with E-state index in [2.05, 4.69) is 33.0 Å². The molecule has 27 heavy (non-hydrogen) atoms. The van der Waals surface area contributed by atoms with Gasteiger partial charge >= 0.3 is 0 Å². The summed E-state index contributed by atoms with van der Waals surface area (Å²) < 4.78 is 1.22. The Morgan fingerprint density at radius 3 is 2.81 bits per heavy atom. The zero-order valence-electron chi connectivity index (χ0n) is 15.4. The Balaban J connectivity index is 1.48. The van der Waals surface area contributed by atoms with Crippen LogP contribution in [0.25, 0.3) is 10.2 Å². The van der Waals surface area contributed by atoms with E-state index in [-0.39, 0.29) is 12.4 Å². The summed E-state index contributed by atoms with van der Waals surface area (Å²) in [6.45, 7) is 6.02. The molecule has 1 aliphatic rings. The van der Waals surface area contributed by atoms with Crippen molar-refractivity contribution in [3.05, 3.63) is 47.3 Å². The number of aromatic nitrogens is 2. The molecule has 3 heterocycles. The lowest BCUT2D eigenvalue weighted by Crippen LogP contribution is -2.30. The number of hydrogen-bond acceptors (Lipinski definition) is 7. The van der Waals surface area contributed by atoms with Crippen LogP contribution in [0.2, 0.25) is 0 Å². The lowest BCUT2D eigenvalue weighted by atomic mass is 10.1. The number of pyridine rings is 1. The molecule has 0 saturated carbocycles. The molecule has 2 N–H and O–H groups in total. The molecule has 2 aromatic heterocycles. The molecule has 1 aromatic carbocycles. The molecular weight excluding hydrogens is 360 g/mol. The molecule has 0 unspecified atom stereocenters. The van der Waals surface area contributed by atoms with Gasteiger partial charge in [0.25, 0.3) is 0 Å². The molecule has 0 bridgehead atoms. The predicted molar refractivity (Wildman–Crippen MR) is 108 cm³/mol. The Bertz CT molecular complexity index is 910. The fourth-order valence-electron chi connectivity index (χ4n) is 3.54. The van der Waals surface area contributed by atoms with Crippen molar-refractivity contribution in [2.24, 2.45) is 0 Å². The number of benzene rings is 1. The molecule has 0 atom stereocenters. The molecule has 0 amide bonds. The van der Waals surface area contributed by atoms with Crippen molar-refractivity contribution in [2.45, 2.75) is 26.5 Å². The highest BCUT2D eigenvalue weighted by Crippen LogP contribution is 2.30. The number of nitrogens with zero attached hydrogens (tertiary/aromatic N) is 4. The fraction of sp³-hybridized carbons (Fsp3) is 0.400. The van der Waals surface area contributed by atoms with Crippen molar-refractivity contribution in [3.63, 3.8) is 0 Å². The normalized spacial score (nSPS) is 16.0. The summed E-state index contributed by atoms with van der Waals surface area (Å²) in [5.41, 5.74) is 3.15. The van der Waals surface area contributed by atoms with Crippen molar-refractivity contribution in [1.82, 2.24) is 14.9 Å². The zero-order valence-corrected chi connectivity index (χ0v) is 16.2. The second kappa shape index (κ2) is 7.80. The van der Waals surface area contributed by atoms with Gasteiger partial charge in [-0.15, -0.1) is 0 Å². The summed E-state index contributed by atoms with van der Waals surface area (Å²) in [7, 11) is 0. The third kappa shape index (κ3) is 3.76. The van der Waals surface area contributed by atoms with E-state index in [1.807, 2.05) is 6.07 Å². The quantitative estimate of drug-likeness (QED) is 0.721. The highest BCUT2D eigenvalue weighted by Gasteiger charge is 2.20. The first-order valence-electron chi connectivity index (χ1n) is 9.25. The number of anilines is 1. The van der Waals surface area contributed by atoms with Crippen LogP contribution >= 0.6 is 11.3 Å². The largest absolute Gasteiger partial charge is 0.506 e. The number of aliphatic hydroxyl groups is 1. The molecule has 7 heteroatoms. The lowest BCUT2D eigenvalue weighted by molar-refractivity contribution is 0.261. The Morgan fingerprint density at radius 2 is 2.00 bits per heavy atom. The van der Waals surface area contributed by atoms with Crippen LogP contribution in [0.1, 0.15) is 23.2 Å². The molecule has 3 aromatic rings. The standard InChI is InChI=1S/C20H24N4O2S/c1-14-19(26)16(15(13-25)11-21-14)12-23-7-4-8-24(10-9-23)20-22-17-5-2-3-6-18(17)27-20/h2-3,5-6,11,25-26H,4,7-10,12-13H2,1H3. The van der Waals surface area contributed by atoms with Crippen LogP contribution in [0.15, 0.2) is 30.5 Å². The Kier molecular flexibility index (Phi) is 5.24. The average Bonchev–Trinajstić information content (AvgIpc) is 2.98. The minimum absolute atomic E-state index is 0.109. The summed E-state index contributed by atoms with van der Waals surface area (Å²) >= 11 is 1.74. The smallest absolute Gasteiger partial charge is 0.186 e. The van der Waals surface area contributed by atoms with E-state index >= 15 is 0 Å². The predicted octanol–water partition coefficient (Wildman–Crippen LogP) is 2.91. The molecule has 6 nitrogen and oxygen atoms in total. The fourth-order valence-corrected chi connectivity index (χ4v) is 4.55. The van der Waals surface area contributed by atoms with Crippen LogP contribution in [0.5, 0.6) is 5.75 Å². The van der Waals surface area contributed by atoms with E-state index in [9.17, 15) is 10.2 Å². The van der Waals surface area contributed by atoms with E-state index in [4.69, 9.17) is 4.98 Å². The van der Waals surface area contributed by atoms with Gasteiger partial charge in [-0.2, -0.15) is 0 Å². The second-order valence-electron chi connectivity index (χ2n) is 6.94. The van der Waals surface area contributed by atoms with Crippen LogP contribution in [-0.2, 0) is 13.2 Å². The number of aryl methyl sites for hydroxylation is 1. The van der Waals surface area contributed by atoms with Gasteiger partial charge in [0.1, 0.15) is 5.75 Å². The Hall–Kier alpha value is -2.22. The summed E-state index contributed by atoms with van der Waals surface area (Å²) in [5, 5.41) is 21.1. The number of para-hydroxylation sites is 1. The van der Waals surface area contributed by atoms with E-state index in [1.54, 1.807) is 24.5 Å². The number of thiazole rings is 1. The third-order valence-corrected chi connectivity index (χ3v) is 6.22. The van der Waals surface area contributed by atoms with E-state index in [1.165, 1.54) is 4.70 Å². The van der Waals surface area contributed by atoms with Crippen LogP contribution in [-0.4, -0.2) is 51.3 Å². The molecular formula is C20H24N4O2S. The maximum atomic E-state index is 10.4. The summed E-state index contributed by atoms with van der Waals surface area (Å²) in [5.74, 6) is 0.203. The second-order valence-corrected chi connectivity index (χ2v) is 7.94. The molecule has 0 radical (unpaired) electrons. The maximum Gasteiger partial charge on any atom is 0.186 e. The van der Waals surface area contributed by atoms with Gasteiger partial charge in [-0.3, -0.25) is 9.88 Å². The summed E-state index contributed by atoms with van der Waals surface area (Å²) in [6, 6.07) is 8.25. The first-order chi connectivity index (χ1) is 13.2. The van der Waals surface area contributed by atoms with Gasteiger partial charge in [0.2, 0.25) is 0 Å². The van der Waals surface area contributed by atoms with Gasteiger partial charge in [0.05, 0.1) is 22.5 Å². The molecule has 1 saturated heterocycles. The van der Waals surface area contributed by atoms with Gasteiger partial charge < -0.3 is 15.1 Å². The average molecular weight is 385 g/mol. The van der Waals surface area contributed by atoms with Gasteiger partial charge in [-0.1, -0.05) is 23.5 Å². The van der Waals surface area contributed by atoms with Crippen molar-refractivity contribution in [3.8, 4) is 5.75 Å². The number of hydrogen-bond donors (Lipinski definition) is 2. The maximum absolute atomic E-state index is 10.4. The molecule has 142 valence electrons. The van der Waals surface area contributed by atoms with Crippen LogP contribution in [0.4, 0.5) is 5.13 Å². The van der Waals surface area contributed by atoms with Gasteiger partial charge in [0, 0.05) is 50.0 Å². The van der Waals surface area contributed by atoms with Crippen LogP contribution < -0.4 is 4.90 Å². The topological polar surface area (TPSA) is 72.7 Å². The van der Waals surface area contributed by atoms with E-state index in [0.717, 1.165) is 48.8 Å². The van der Waals surface area contributed by atoms with Crippen molar-refractivity contribution >= 4 is 26.7 Å². The highest BCUT2D eigenvalue weighted by atomic mass is 32.1. The molecule has 1 aliphatic heterocycles.